The molecule has 1 amide bonds. The normalized spacial score (nSPS) is 15.5. The molecular formula is C16H19N3O2. The number of methoxy groups -OCH3 is 1. The van der Waals surface area contributed by atoms with Crippen molar-refractivity contribution in [1.29, 1.82) is 0 Å². The van der Waals surface area contributed by atoms with E-state index in [1.807, 2.05) is 37.3 Å². The molecule has 21 heavy (non-hydrogen) atoms. The predicted molar refractivity (Wildman–Crippen MR) is 79.8 cm³/mol. The molecule has 1 aromatic carbocycles. The van der Waals surface area contributed by atoms with E-state index in [1.165, 1.54) is 12.8 Å². The summed E-state index contributed by atoms with van der Waals surface area (Å²) in [6, 6.07) is 9.84. The molecule has 3 rings (SSSR count). The molecule has 0 unspecified atom stereocenters. The number of nitrogens with zero attached hydrogens (tertiary/aromatic N) is 2. The average molecular weight is 285 g/mol. The largest absolute Gasteiger partial charge is 0.493 e. The summed E-state index contributed by atoms with van der Waals surface area (Å²) in [5.41, 5.74) is 1.22. The van der Waals surface area contributed by atoms with Gasteiger partial charge in [-0.3, -0.25) is 4.79 Å². The van der Waals surface area contributed by atoms with E-state index < -0.39 is 0 Å². The van der Waals surface area contributed by atoms with Crippen molar-refractivity contribution in [2.45, 2.75) is 25.8 Å². The van der Waals surface area contributed by atoms with Gasteiger partial charge in [0.25, 0.3) is 5.91 Å². The summed E-state index contributed by atoms with van der Waals surface area (Å²) in [6.45, 7) is 2.04. The van der Waals surface area contributed by atoms with Crippen LogP contribution in [-0.2, 0) is 0 Å². The molecule has 0 bridgehead atoms. The van der Waals surface area contributed by atoms with Crippen LogP contribution in [-0.4, -0.2) is 28.8 Å². The van der Waals surface area contributed by atoms with Gasteiger partial charge in [0, 0.05) is 6.04 Å². The molecular weight excluding hydrogens is 266 g/mol. The fraction of sp³-hybridized carbons (Fsp3) is 0.375. The zero-order valence-corrected chi connectivity index (χ0v) is 12.2. The van der Waals surface area contributed by atoms with E-state index in [2.05, 4.69) is 10.4 Å². The first-order chi connectivity index (χ1) is 10.2. The third-order valence-electron chi connectivity index (χ3n) is 3.82. The van der Waals surface area contributed by atoms with Crippen LogP contribution in [0.15, 0.2) is 36.5 Å². The van der Waals surface area contributed by atoms with Crippen LogP contribution in [0.2, 0.25) is 0 Å². The Morgan fingerprint density at radius 1 is 1.38 bits per heavy atom. The van der Waals surface area contributed by atoms with Crippen molar-refractivity contribution in [2.24, 2.45) is 5.92 Å². The lowest BCUT2D eigenvalue weighted by molar-refractivity contribution is 0.0927. The summed E-state index contributed by atoms with van der Waals surface area (Å²) in [5.74, 6) is 0.913. The van der Waals surface area contributed by atoms with Crippen LogP contribution in [0.3, 0.4) is 0 Å². The maximum absolute atomic E-state index is 12.3. The number of benzene rings is 1. The molecule has 1 heterocycles. The van der Waals surface area contributed by atoms with E-state index in [0.29, 0.717) is 17.4 Å². The van der Waals surface area contributed by atoms with Crippen molar-refractivity contribution in [1.82, 2.24) is 15.1 Å². The van der Waals surface area contributed by atoms with Gasteiger partial charge in [-0.15, -0.1) is 0 Å². The van der Waals surface area contributed by atoms with E-state index in [9.17, 15) is 4.79 Å². The first kappa shape index (κ1) is 13.7. The molecule has 0 radical (unpaired) electrons. The lowest BCUT2D eigenvalue weighted by Gasteiger charge is -2.11. The molecule has 1 saturated carbocycles. The maximum atomic E-state index is 12.3. The number of rotatable bonds is 5. The minimum Gasteiger partial charge on any atom is -0.493 e. The first-order valence-electron chi connectivity index (χ1n) is 7.19. The van der Waals surface area contributed by atoms with Crippen LogP contribution < -0.4 is 10.1 Å². The molecule has 110 valence electrons. The van der Waals surface area contributed by atoms with Gasteiger partial charge in [0.15, 0.2) is 11.4 Å². The molecule has 5 nitrogen and oxygen atoms in total. The second-order valence-corrected chi connectivity index (χ2v) is 5.43. The topological polar surface area (TPSA) is 56.2 Å². The van der Waals surface area contributed by atoms with Crippen LogP contribution in [0.25, 0.3) is 5.69 Å². The number of amides is 1. The van der Waals surface area contributed by atoms with Crippen LogP contribution >= 0.6 is 0 Å². The monoisotopic (exact) mass is 285 g/mol. The van der Waals surface area contributed by atoms with Crippen molar-refractivity contribution >= 4 is 5.91 Å². The molecule has 5 heteroatoms. The highest BCUT2D eigenvalue weighted by atomic mass is 16.5. The summed E-state index contributed by atoms with van der Waals surface area (Å²) in [7, 11) is 1.55. The molecule has 1 aromatic heterocycles. The summed E-state index contributed by atoms with van der Waals surface area (Å²) in [6.07, 6.45) is 4.11. The second-order valence-electron chi connectivity index (χ2n) is 5.43. The Morgan fingerprint density at radius 2 is 2.10 bits per heavy atom. The Morgan fingerprint density at radius 3 is 2.71 bits per heavy atom. The highest BCUT2D eigenvalue weighted by molar-refractivity contribution is 5.95. The number of carbonyl (C=O) groups is 1. The third kappa shape index (κ3) is 2.91. The number of hydrogen-bond acceptors (Lipinski definition) is 3. The molecule has 1 aliphatic carbocycles. The van der Waals surface area contributed by atoms with Gasteiger partial charge in [0.1, 0.15) is 0 Å². The van der Waals surface area contributed by atoms with Gasteiger partial charge in [0.05, 0.1) is 19.0 Å². The standard InChI is InChI=1S/C16H19N3O2/c1-11(12-8-9-12)17-16(20)15-14(21-2)10-19(18-15)13-6-4-3-5-7-13/h3-7,10-12H,8-9H2,1-2H3,(H,17,20)/t11-/m1/s1. The van der Waals surface area contributed by atoms with E-state index in [4.69, 9.17) is 4.74 Å². The zero-order chi connectivity index (χ0) is 14.8. The SMILES string of the molecule is COc1cn(-c2ccccc2)nc1C(=O)N[C@H](C)C1CC1. The zero-order valence-electron chi connectivity index (χ0n) is 12.2. The van der Waals surface area contributed by atoms with Gasteiger partial charge in [-0.1, -0.05) is 18.2 Å². The Hall–Kier alpha value is -2.30. The van der Waals surface area contributed by atoms with E-state index in [-0.39, 0.29) is 11.9 Å². The summed E-state index contributed by atoms with van der Waals surface area (Å²) in [5, 5.41) is 7.37. The average Bonchev–Trinajstić information content (AvgIpc) is 3.27. The van der Waals surface area contributed by atoms with Gasteiger partial charge in [-0.05, 0) is 37.8 Å². The van der Waals surface area contributed by atoms with Gasteiger partial charge in [-0.25, -0.2) is 4.68 Å². The lowest BCUT2D eigenvalue weighted by Crippen LogP contribution is -2.34. The number of aromatic nitrogens is 2. The molecule has 2 aromatic rings. The van der Waals surface area contributed by atoms with Crippen molar-refractivity contribution in [3.8, 4) is 11.4 Å². The Bertz CT molecular complexity index is 632. The quantitative estimate of drug-likeness (QED) is 0.918. The van der Waals surface area contributed by atoms with Crippen LogP contribution in [0.1, 0.15) is 30.3 Å². The molecule has 1 N–H and O–H groups in total. The predicted octanol–water partition coefficient (Wildman–Crippen LogP) is 2.41. The molecule has 0 aliphatic heterocycles. The summed E-state index contributed by atoms with van der Waals surface area (Å²) < 4.78 is 6.94. The van der Waals surface area contributed by atoms with E-state index in [0.717, 1.165) is 5.69 Å². The Kier molecular flexibility index (Phi) is 3.64. The number of hydrogen-bond donors (Lipinski definition) is 1. The number of carbonyl (C=O) groups excluding carboxylic acids is 1. The number of para-hydroxylation sites is 1. The molecule has 0 saturated heterocycles. The Labute approximate surface area is 123 Å². The number of nitrogens with one attached hydrogen (secondary N) is 1. The molecule has 1 fully saturated rings. The van der Waals surface area contributed by atoms with Crippen molar-refractivity contribution in [3.63, 3.8) is 0 Å². The Balaban J connectivity index is 1.84. The van der Waals surface area contributed by atoms with Gasteiger partial charge in [-0.2, -0.15) is 5.10 Å². The highest BCUT2D eigenvalue weighted by Gasteiger charge is 2.30. The smallest absolute Gasteiger partial charge is 0.275 e. The third-order valence-corrected chi connectivity index (χ3v) is 3.82. The van der Waals surface area contributed by atoms with Crippen molar-refractivity contribution < 1.29 is 9.53 Å². The highest BCUT2D eigenvalue weighted by Crippen LogP contribution is 2.32. The first-order valence-corrected chi connectivity index (χ1v) is 7.19. The minimum absolute atomic E-state index is 0.180. The molecule has 1 aliphatic rings. The lowest BCUT2D eigenvalue weighted by atomic mass is 10.2. The van der Waals surface area contributed by atoms with E-state index in [1.54, 1.807) is 18.0 Å². The van der Waals surface area contributed by atoms with Crippen molar-refractivity contribution in [2.75, 3.05) is 7.11 Å². The number of ether oxygens (including phenoxy) is 1. The van der Waals surface area contributed by atoms with Gasteiger partial charge < -0.3 is 10.1 Å². The molecule has 0 spiro atoms. The van der Waals surface area contributed by atoms with Crippen LogP contribution in [0.5, 0.6) is 5.75 Å². The maximum Gasteiger partial charge on any atom is 0.275 e. The summed E-state index contributed by atoms with van der Waals surface area (Å²) >= 11 is 0. The molecule has 1 atom stereocenters. The van der Waals surface area contributed by atoms with Crippen LogP contribution in [0.4, 0.5) is 0 Å². The minimum atomic E-state index is -0.180. The fourth-order valence-electron chi connectivity index (χ4n) is 2.37. The fourth-order valence-corrected chi connectivity index (χ4v) is 2.37. The van der Waals surface area contributed by atoms with Crippen molar-refractivity contribution in [3.05, 3.63) is 42.2 Å². The van der Waals surface area contributed by atoms with Gasteiger partial charge in [0.2, 0.25) is 0 Å². The van der Waals surface area contributed by atoms with Crippen LogP contribution in [0, 0.1) is 5.92 Å². The van der Waals surface area contributed by atoms with E-state index >= 15 is 0 Å². The van der Waals surface area contributed by atoms with Gasteiger partial charge >= 0.3 is 0 Å². The second kappa shape index (κ2) is 5.60. The summed E-state index contributed by atoms with van der Waals surface area (Å²) in [4.78, 5) is 12.3.